The van der Waals surface area contributed by atoms with Crippen molar-refractivity contribution in [2.75, 3.05) is 30.4 Å². The molecule has 3 N–H and O–H groups in total. The molecule has 0 spiro atoms. The summed E-state index contributed by atoms with van der Waals surface area (Å²) in [4.78, 5) is 23.2. The number of anilines is 2. The van der Waals surface area contributed by atoms with Crippen molar-refractivity contribution in [2.24, 2.45) is 0 Å². The highest BCUT2D eigenvalue weighted by molar-refractivity contribution is 5.92. The van der Waals surface area contributed by atoms with Crippen molar-refractivity contribution in [3.8, 4) is 11.5 Å². The molecule has 0 aliphatic carbocycles. The Hall–Kier alpha value is -3.22. The molecule has 0 radical (unpaired) electrons. The van der Waals surface area contributed by atoms with Crippen LogP contribution in [-0.2, 0) is 11.2 Å². The Labute approximate surface area is 165 Å². The van der Waals surface area contributed by atoms with Crippen molar-refractivity contribution in [3.05, 3.63) is 48.0 Å². The minimum absolute atomic E-state index is 0.164. The van der Waals surface area contributed by atoms with Crippen LogP contribution < -0.4 is 25.4 Å². The highest BCUT2D eigenvalue weighted by atomic mass is 16.5. The second-order valence-electron chi connectivity index (χ2n) is 6.04. The molecule has 7 nitrogen and oxygen atoms in total. The molecule has 0 aliphatic rings. The molecule has 2 aromatic rings. The number of rotatable bonds is 9. The first kappa shape index (κ1) is 21.1. The van der Waals surface area contributed by atoms with E-state index in [1.165, 1.54) is 6.92 Å². The molecule has 7 heteroatoms. The highest BCUT2D eigenvalue weighted by Crippen LogP contribution is 2.28. The minimum atomic E-state index is -0.309. The molecule has 28 heavy (non-hydrogen) atoms. The van der Waals surface area contributed by atoms with Crippen LogP contribution in [0.25, 0.3) is 0 Å². The molecular weight excluding hydrogens is 358 g/mol. The minimum Gasteiger partial charge on any atom is -0.490 e. The average Bonchev–Trinajstić information content (AvgIpc) is 2.64. The zero-order valence-electron chi connectivity index (χ0n) is 16.5. The summed E-state index contributed by atoms with van der Waals surface area (Å²) in [5.41, 5.74) is 2.27. The number of hydrogen-bond donors (Lipinski definition) is 3. The summed E-state index contributed by atoms with van der Waals surface area (Å²) < 4.78 is 11.2. The average molecular weight is 385 g/mol. The molecule has 0 saturated carbocycles. The number of urea groups is 1. The summed E-state index contributed by atoms with van der Waals surface area (Å²) in [5, 5.41) is 8.25. The number of ether oxygens (including phenoxy) is 2. The van der Waals surface area contributed by atoms with Gasteiger partial charge in [0.05, 0.1) is 13.2 Å². The molecule has 0 heterocycles. The smallest absolute Gasteiger partial charge is 0.319 e. The molecule has 0 aromatic heterocycles. The largest absolute Gasteiger partial charge is 0.490 e. The molecule has 0 aliphatic heterocycles. The molecule has 2 rings (SSSR count). The van der Waals surface area contributed by atoms with E-state index in [0.29, 0.717) is 43.3 Å². The predicted octanol–water partition coefficient (Wildman–Crippen LogP) is 3.81. The van der Waals surface area contributed by atoms with Crippen LogP contribution in [0, 0.1) is 0 Å². The molecular formula is C21H27N3O4. The third-order valence-corrected chi connectivity index (χ3v) is 3.75. The second kappa shape index (κ2) is 10.8. The molecule has 0 saturated heterocycles. The molecule has 2 aromatic carbocycles. The first-order valence-electron chi connectivity index (χ1n) is 9.32. The van der Waals surface area contributed by atoms with E-state index in [2.05, 4.69) is 16.0 Å². The van der Waals surface area contributed by atoms with Crippen LogP contribution in [0.5, 0.6) is 11.5 Å². The van der Waals surface area contributed by atoms with E-state index in [1.54, 1.807) is 24.3 Å². The number of hydrogen-bond acceptors (Lipinski definition) is 4. The van der Waals surface area contributed by atoms with Crippen LogP contribution in [0.3, 0.4) is 0 Å². The molecule has 0 bridgehead atoms. The number of carbonyl (C=O) groups excluding carboxylic acids is 2. The van der Waals surface area contributed by atoms with Gasteiger partial charge < -0.3 is 25.4 Å². The Balaban J connectivity index is 1.86. The first-order valence-corrected chi connectivity index (χ1v) is 9.32. The molecule has 150 valence electrons. The maximum absolute atomic E-state index is 12.1. The van der Waals surface area contributed by atoms with E-state index < -0.39 is 0 Å². The summed E-state index contributed by atoms with van der Waals surface area (Å²) in [7, 11) is 0. The monoisotopic (exact) mass is 385 g/mol. The molecule has 0 unspecified atom stereocenters. The summed E-state index contributed by atoms with van der Waals surface area (Å²) in [6.07, 6.45) is 0.659. The molecule has 3 amide bonds. The summed E-state index contributed by atoms with van der Waals surface area (Å²) in [5.74, 6) is 1.27. The summed E-state index contributed by atoms with van der Waals surface area (Å²) in [6.45, 7) is 6.89. The fourth-order valence-corrected chi connectivity index (χ4v) is 2.62. The van der Waals surface area contributed by atoms with E-state index in [0.717, 1.165) is 11.3 Å². The van der Waals surface area contributed by atoms with Gasteiger partial charge in [0.25, 0.3) is 0 Å². The van der Waals surface area contributed by atoms with Gasteiger partial charge in [0.2, 0.25) is 5.91 Å². The standard InChI is InChI=1S/C21H27N3O4/c1-4-27-19-10-9-16(13-20(19)28-5-2)11-12-22-21(26)24-18-8-6-7-17(14-18)23-15(3)25/h6-10,13-14H,4-5,11-12H2,1-3H3,(H,23,25)(H2,22,24,26). The van der Waals surface area contributed by atoms with Gasteiger partial charge in [0, 0.05) is 24.8 Å². The third kappa shape index (κ3) is 6.83. The van der Waals surface area contributed by atoms with Crippen molar-refractivity contribution in [1.82, 2.24) is 5.32 Å². The first-order chi connectivity index (χ1) is 13.5. The van der Waals surface area contributed by atoms with Crippen molar-refractivity contribution in [2.45, 2.75) is 27.2 Å². The zero-order valence-corrected chi connectivity index (χ0v) is 16.5. The van der Waals surface area contributed by atoms with Crippen LogP contribution in [0.1, 0.15) is 26.3 Å². The Morgan fingerprint density at radius 1 is 0.893 bits per heavy atom. The van der Waals surface area contributed by atoms with E-state index in [4.69, 9.17) is 9.47 Å². The number of amides is 3. The van der Waals surface area contributed by atoms with Gasteiger partial charge in [-0.05, 0) is 56.2 Å². The van der Waals surface area contributed by atoms with E-state index >= 15 is 0 Å². The predicted molar refractivity (Wildman–Crippen MR) is 110 cm³/mol. The van der Waals surface area contributed by atoms with Gasteiger partial charge in [0.15, 0.2) is 11.5 Å². The third-order valence-electron chi connectivity index (χ3n) is 3.75. The topological polar surface area (TPSA) is 88.7 Å². The lowest BCUT2D eigenvalue weighted by molar-refractivity contribution is -0.114. The van der Waals surface area contributed by atoms with Gasteiger partial charge in [-0.15, -0.1) is 0 Å². The van der Waals surface area contributed by atoms with Crippen LogP contribution in [0.2, 0.25) is 0 Å². The van der Waals surface area contributed by atoms with Gasteiger partial charge in [-0.3, -0.25) is 4.79 Å². The molecule has 0 atom stereocenters. The number of nitrogens with one attached hydrogen (secondary N) is 3. The van der Waals surface area contributed by atoms with E-state index in [9.17, 15) is 9.59 Å². The van der Waals surface area contributed by atoms with Crippen molar-refractivity contribution in [1.29, 1.82) is 0 Å². The zero-order chi connectivity index (χ0) is 20.4. The summed E-state index contributed by atoms with van der Waals surface area (Å²) >= 11 is 0. The maximum atomic E-state index is 12.1. The maximum Gasteiger partial charge on any atom is 0.319 e. The Kier molecular flexibility index (Phi) is 8.14. The van der Waals surface area contributed by atoms with E-state index in [-0.39, 0.29) is 11.9 Å². The number of carbonyl (C=O) groups is 2. The normalized spacial score (nSPS) is 10.1. The Bertz CT molecular complexity index is 808. The van der Waals surface area contributed by atoms with Crippen molar-refractivity contribution in [3.63, 3.8) is 0 Å². The van der Waals surface area contributed by atoms with Gasteiger partial charge in [-0.25, -0.2) is 4.79 Å². The van der Waals surface area contributed by atoms with Gasteiger partial charge in [0.1, 0.15) is 0 Å². The lowest BCUT2D eigenvalue weighted by Gasteiger charge is -2.13. The number of benzene rings is 2. The Morgan fingerprint density at radius 2 is 1.57 bits per heavy atom. The van der Waals surface area contributed by atoms with Gasteiger partial charge >= 0.3 is 6.03 Å². The van der Waals surface area contributed by atoms with Crippen LogP contribution in [-0.4, -0.2) is 31.7 Å². The fraction of sp³-hybridized carbons (Fsp3) is 0.333. The second-order valence-corrected chi connectivity index (χ2v) is 6.04. The van der Waals surface area contributed by atoms with E-state index in [1.807, 2.05) is 32.0 Å². The van der Waals surface area contributed by atoms with Crippen LogP contribution >= 0.6 is 0 Å². The Morgan fingerprint density at radius 3 is 2.25 bits per heavy atom. The molecule has 0 fully saturated rings. The quantitative estimate of drug-likeness (QED) is 0.612. The van der Waals surface area contributed by atoms with Crippen LogP contribution in [0.15, 0.2) is 42.5 Å². The lowest BCUT2D eigenvalue weighted by Crippen LogP contribution is -2.30. The van der Waals surface area contributed by atoms with Gasteiger partial charge in [-0.1, -0.05) is 12.1 Å². The van der Waals surface area contributed by atoms with Crippen molar-refractivity contribution < 1.29 is 19.1 Å². The SMILES string of the molecule is CCOc1ccc(CCNC(=O)Nc2cccc(NC(C)=O)c2)cc1OCC. The summed E-state index contributed by atoms with van der Waals surface area (Å²) in [6, 6.07) is 12.4. The fourth-order valence-electron chi connectivity index (χ4n) is 2.62. The van der Waals surface area contributed by atoms with Crippen LogP contribution in [0.4, 0.5) is 16.2 Å². The highest BCUT2D eigenvalue weighted by Gasteiger charge is 2.07. The lowest BCUT2D eigenvalue weighted by atomic mass is 10.1. The van der Waals surface area contributed by atoms with Gasteiger partial charge in [-0.2, -0.15) is 0 Å². The van der Waals surface area contributed by atoms with Crippen molar-refractivity contribution >= 4 is 23.3 Å².